The van der Waals surface area contributed by atoms with E-state index < -0.39 is 0 Å². The summed E-state index contributed by atoms with van der Waals surface area (Å²) in [5.41, 5.74) is 4.23. The summed E-state index contributed by atoms with van der Waals surface area (Å²) >= 11 is 0. The van der Waals surface area contributed by atoms with Gasteiger partial charge in [-0.1, -0.05) is 29.8 Å². The predicted molar refractivity (Wildman–Crippen MR) is 124 cm³/mol. The fourth-order valence-corrected chi connectivity index (χ4v) is 4.43. The molecule has 3 amide bonds. The number of fused-ring (bicyclic) bond motifs is 1. The first-order chi connectivity index (χ1) is 16.0. The molecule has 166 valence electrons. The third kappa shape index (κ3) is 3.86. The van der Waals surface area contributed by atoms with E-state index in [-0.39, 0.29) is 24.3 Å². The number of aromatic nitrogens is 1. The van der Waals surface area contributed by atoms with E-state index in [4.69, 9.17) is 0 Å². The maximum absolute atomic E-state index is 13.3. The summed E-state index contributed by atoms with van der Waals surface area (Å²) in [6.07, 6.45) is 3.32. The minimum Gasteiger partial charge on any atom is -0.367 e. The molecule has 0 aliphatic carbocycles. The van der Waals surface area contributed by atoms with Crippen molar-refractivity contribution < 1.29 is 14.4 Å². The Kier molecular flexibility index (Phi) is 5.38. The number of pyridine rings is 1. The Morgan fingerprint density at radius 2 is 1.67 bits per heavy atom. The molecule has 2 aliphatic heterocycles. The maximum Gasteiger partial charge on any atom is 0.263 e. The molecule has 1 aromatic heterocycles. The Bertz CT molecular complexity index is 1220. The Labute approximate surface area is 192 Å². The molecule has 1 fully saturated rings. The molecule has 0 N–H and O–H groups in total. The third-order valence-electron chi connectivity index (χ3n) is 6.25. The van der Waals surface area contributed by atoms with E-state index in [0.717, 1.165) is 16.8 Å². The van der Waals surface area contributed by atoms with Crippen LogP contribution in [0, 0.1) is 6.92 Å². The molecule has 33 heavy (non-hydrogen) atoms. The van der Waals surface area contributed by atoms with E-state index in [1.807, 2.05) is 54.3 Å². The number of anilines is 1. The number of hydrogen-bond acceptors (Lipinski definition) is 5. The molecule has 2 aromatic carbocycles. The van der Waals surface area contributed by atoms with Crippen molar-refractivity contribution in [3.63, 3.8) is 0 Å². The Morgan fingerprint density at radius 3 is 2.36 bits per heavy atom. The van der Waals surface area contributed by atoms with Gasteiger partial charge in [-0.2, -0.15) is 0 Å². The summed E-state index contributed by atoms with van der Waals surface area (Å²) in [4.78, 5) is 48.4. The van der Waals surface area contributed by atoms with Gasteiger partial charge >= 0.3 is 0 Å². The van der Waals surface area contributed by atoms with Crippen LogP contribution in [0.2, 0.25) is 0 Å². The zero-order valence-corrected chi connectivity index (χ0v) is 18.4. The normalized spacial score (nSPS) is 15.7. The van der Waals surface area contributed by atoms with Gasteiger partial charge in [0.25, 0.3) is 17.7 Å². The number of aryl methyl sites for hydroxylation is 1. The average Bonchev–Trinajstić information content (AvgIpc) is 3.10. The minimum atomic E-state index is -0.285. The standard InChI is InChI=1S/C26H24N4O3/c1-18-7-9-20(10-8-18)24(31)29-14-12-28(13-15-29)22-6-2-5-21-23(22)26(33)30(25(21)32)17-19-4-3-11-27-16-19/h2-11,16H,12-15,17H2,1H3. The fraction of sp³-hybridized carbons (Fsp3) is 0.231. The zero-order valence-electron chi connectivity index (χ0n) is 18.4. The number of carbonyl (C=O) groups excluding carboxylic acids is 3. The summed E-state index contributed by atoms with van der Waals surface area (Å²) in [6.45, 7) is 4.49. The predicted octanol–water partition coefficient (Wildman–Crippen LogP) is 3.15. The molecule has 7 heteroatoms. The van der Waals surface area contributed by atoms with Crippen molar-refractivity contribution >= 4 is 23.4 Å². The smallest absolute Gasteiger partial charge is 0.263 e. The van der Waals surface area contributed by atoms with Gasteiger partial charge in [0.2, 0.25) is 0 Å². The van der Waals surface area contributed by atoms with Gasteiger partial charge in [-0.3, -0.25) is 24.3 Å². The van der Waals surface area contributed by atoms with Gasteiger partial charge in [-0.25, -0.2) is 0 Å². The Morgan fingerprint density at radius 1 is 0.909 bits per heavy atom. The summed E-state index contributed by atoms with van der Waals surface area (Å²) in [5, 5.41) is 0. The largest absolute Gasteiger partial charge is 0.367 e. The van der Waals surface area contributed by atoms with E-state index in [0.29, 0.717) is 42.9 Å². The van der Waals surface area contributed by atoms with Crippen LogP contribution in [0.3, 0.4) is 0 Å². The molecule has 0 saturated carbocycles. The molecule has 1 saturated heterocycles. The lowest BCUT2D eigenvalue weighted by atomic mass is 10.1. The average molecular weight is 441 g/mol. The van der Waals surface area contributed by atoms with Gasteiger partial charge in [-0.15, -0.1) is 0 Å². The number of nitrogens with zero attached hydrogens (tertiary/aromatic N) is 4. The van der Waals surface area contributed by atoms with Crippen molar-refractivity contribution in [3.8, 4) is 0 Å². The van der Waals surface area contributed by atoms with Crippen molar-refractivity contribution in [1.82, 2.24) is 14.8 Å². The number of hydrogen-bond donors (Lipinski definition) is 0. The van der Waals surface area contributed by atoms with Crippen LogP contribution >= 0.6 is 0 Å². The van der Waals surface area contributed by atoms with Crippen molar-refractivity contribution in [1.29, 1.82) is 0 Å². The SMILES string of the molecule is Cc1ccc(C(=O)N2CCN(c3cccc4c3C(=O)N(Cc3cccnc3)C4=O)CC2)cc1. The minimum absolute atomic E-state index is 0.0156. The van der Waals surface area contributed by atoms with Gasteiger partial charge in [0.15, 0.2) is 0 Å². The second-order valence-corrected chi connectivity index (χ2v) is 8.40. The first-order valence-corrected chi connectivity index (χ1v) is 11.0. The highest BCUT2D eigenvalue weighted by atomic mass is 16.2. The van der Waals surface area contributed by atoms with Crippen LogP contribution in [-0.4, -0.2) is 58.7 Å². The first kappa shape index (κ1) is 20.9. The van der Waals surface area contributed by atoms with Crippen molar-refractivity contribution in [3.05, 3.63) is 94.8 Å². The van der Waals surface area contributed by atoms with Crippen LogP contribution in [0.15, 0.2) is 67.0 Å². The van der Waals surface area contributed by atoms with E-state index in [2.05, 4.69) is 9.88 Å². The topological polar surface area (TPSA) is 73.8 Å². The molecule has 3 heterocycles. The quantitative estimate of drug-likeness (QED) is 0.583. The molecule has 0 spiro atoms. The van der Waals surface area contributed by atoms with E-state index in [1.54, 1.807) is 24.5 Å². The molecular formula is C26H24N4O3. The molecule has 5 rings (SSSR count). The number of benzene rings is 2. The van der Waals surface area contributed by atoms with Crippen LogP contribution < -0.4 is 4.90 Å². The van der Waals surface area contributed by atoms with Crippen LogP contribution in [0.4, 0.5) is 5.69 Å². The second-order valence-electron chi connectivity index (χ2n) is 8.40. The molecule has 0 radical (unpaired) electrons. The second kappa shape index (κ2) is 8.50. The molecule has 0 unspecified atom stereocenters. The first-order valence-electron chi connectivity index (χ1n) is 11.0. The fourth-order valence-electron chi connectivity index (χ4n) is 4.43. The molecule has 3 aromatic rings. The molecular weight excluding hydrogens is 416 g/mol. The molecule has 0 atom stereocenters. The van der Waals surface area contributed by atoms with Crippen molar-refractivity contribution in [2.45, 2.75) is 13.5 Å². The third-order valence-corrected chi connectivity index (χ3v) is 6.25. The summed E-state index contributed by atoms with van der Waals surface area (Å²) in [6, 6.07) is 16.6. The van der Waals surface area contributed by atoms with Gasteiger partial charge < -0.3 is 9.80 Å². The summed E-state index contributed by atoms with van der Waals surface area (Å²) in [5.74, 6) is -0.552. The number of piperazine rings is 1. The number of imide groups is 1. The van der Waals surface area contributed by atoms with Gasteiger partial charge in [0.1, 0.15) is 0 Å². The molecule has 7 nitrogen and oxygen atoms in total. The highest BCUT2D eigenvalue weighted by Crippen LogP contribution is 2.33. The number of rotatable bonds is 4. The summed E-state index contributed by atoms with van der Waals surface area (Å²) in [7, 11) is 0. The van der Waals surface area contributed by atoms with Crippen LogP contribution in [0.25, 0.3) is 0 Å². The lowest BCUT2D eigenvalue weighted by Crippen LogP contribution is -2.49. The lowest BCUT2D eigenvalue weighted by Gasteiger charge is -2.36. The molecule has 2 aliphatic rings. The number of carbonyl (C=O) groups is 3. The van der Waals surface area contributed by atoms with Crippen molar-refractivity contribution in [2.24, 2.45) is 0 Å². The van der Waals surface area contributed by atoms with Crippen molar-refractivity contribution in [2.75, 3.05) is 31.1 Å². The Hall–Kier alpha value is -4.00. The van der Waals surface area contributed by atoms with Crippen LogP contribution in [0.5, 0.6) is 0 Å². The lowest BCUT2D eigenvalue weighted by molar-refractivity contribution is 0.0640. The van der Waals surface area contributed by atoms with Gasteiger partial charge in [0.05, 0.1) is 23.4 Å². The van der Waals surface area contributed by atoms with E-state index in [1.165, 1.54) is 4.90 Å². The summed E-state index contributed by atoms with van der Waals surface area (Å²) < 4.78 is 0. The maximum atomic E-state index is 13.3. The van der Waals surface area contributed by atoms with E-state index in [9.17, 15) is 14.4 Å². The Balaban J connectivity index is 1.33. The highest BCUT2D eigenvalue weighted by Gasteiger charge is 2.39. The van der Waals surface area contributed by atoms with Crippen LogP contribution in [-0.2, 0) is 6.54 Å². The highest BCUT2D eigenvalue weighted by molar-refractivity contribution is 6.23. The zero-order chi connectivity index (χ0) is 22.9. The monoisotopic (exact) mass is 440 g/mol. The van der Waals surface area contributed by atoms with Crippen LogP contribution in [0.1, 0.15) is 42.2 Å². The van der Waals surface area contributed by atoms with Gasteiger partial charge in [-0.05, 0) is 42.8 Å². The molecule has 0 bridgehead atoms. The van der Waals surface area contributed by atoms with Gasteiger partial charge in [0, 0.05) is 44.1 Å². The van der Waals surface area contributed by atoms with E-state index >= 15 is 0 Å². The number of amides is 3.